The highest BCUT2D eigenvalue weighted by atomic mass is 32.2. The summed E-state index contributed by atoms with van der Waals surface area (Å²) in [5.74, 6) is -1.27. The highest BCUT2D eigenvalue weighted by molar-refractivity contribution is 7.89. The highest BCUT2D eigenvalue weighted by Gasteiger charge is 2.20. The summed E-state index contributed by atoms with van der Waals surface area (Å²) in [6.45, 7) is 1.29. The molecular formula is C15H20N2O7S. The average molecular weight is 372 g/mol. The van der Waals surface area contributed by atoms with E-state index in [0.717, 1.165) is 0 Å². The lowest BCUT2D eigenvalue weighted by atomic mass is 10.1. The molecule has 2 rings (SSSR count). The van der Waals surface area contributed by atoms with E-state index < -0.39 is 16.0 Å². The van der Waals surface area contributed by atoms with Gasteiger partial charge in [0.25, 0.3) is 0 Å². The number of hydrogen-bond donors (Lipinski definition) is 2. The molecule has 1 heterocycles. The predicted octanol–water partition coefficient (Wildman–Crippen LogP) is 0.206. The number of rotatable bonds is 9. The van der Waals surface area contributed by atoms with E-state index in [2.05, 4.69) is 9.88 Å². The van der Waals surface area contributed by atoms with Gasteiger partial charge in [-0.3, -0.25) is 0 Å². The molecule has 10 heteroatoms. The fourth-order valence-corrected chi connectivity index (χ4v) is 3.10. The van der Waals surface area contributed by atoms with Crippen LogP contribution in [0.3, 0.4) is 0 Å². The van der Waals surface area contributed by atoms with Crippen molar-refractivity contribution >= 4 is 21.7 Å². The van der Waals surface area contributed by atoms with Gasteiger partial charge >= 0.3 is 5.97 Å². The molecule has 1 aromatic rings. The van der Waals surface area contributed by atoms with Gasteiger partial charge in [0.1, 0.15) is 0 Å². The summed E-state index contributed by atoms with van der Waals surface area (Å²) >= 11 is 0. The van der Waals surface area contributed by atoms with Crippen molar-refractivity contribution < 1.29 is 32.6 Å². The molecule has 9 nitrogen and oxygen atoms in total. The van der Waals surface area contributed by atoms with Crippen molar-refractivity contribution in [3.05, 3.63) is 29.8 Å². The van der Waals surface area contributed by atoms with Crippen molar-refractivity contribution in [2.75, 3.05) is 33.5 Å². The van der Waals surface area contributed by atoms with Gasteiger partial charge in [-0.2, -0.15) is 0 Å². The van der Waals surface area contributed by atoms with Gasteiger partial charge in [-0.25, -0.2) is 17.9 Å². The molecule has 0 aliphatic carbocycles. The summed E-state index contributed by atoms with van der Waals surface area (Å²) < 4.78 is 36.4. The average Bonchev–Trinajstić information content (AvgIpc) is 3.09. The van der Waals surface area contributed by atoms with Crippen LogP contribution < -0.4 is 4.72 Å². The van der Waals surface area contributed by atoms with Crippen molar-refractivity contribution in [2.45, 2.75) is 17.4 Å². The predicted molar refractivity (Wildman–Crippen MR) is 88.0 cm³/mol. The number of sulfonamides is 1. The largest absolute Gasteiger partial charge is 0.476 e. The van der Waals surface area contributed by atoms with Crippen LogP contribution in [0.25, 0.3) is 0 Å². The minimum Gasteiger partial charge on any atom is -0.476 e. The standard InChI is InChI=1S/C15H20N2O7S/c1-22-9-7-16-25(20,21)13-4-2-11(3-5-13)14(15(18)19)17-24-12-6-8-23-10-12/h2-5,12,16H,6-10H2,1H3,(H,18,19)/b17-14+/t12-/m1/s1. The van der Waals surface area contributed by atoms with Crippen LogP contribution in [0, 0.1) is 0 Å². The summed E-state index contributed by atoms with van der Waals surface area (Å²) in [7, 11) is -2.22. The van der Waals surface area contributed by atoms with E-state index in [9.17, 15) is 18.3 Å². The fraction of sp³-hybridized carbons (Fsp3) is 0.467. The summed E-state index contributed by atoms with van der Waals surface area (Å²) in [5, 5.41) is 13.0. The van der Waals surface area contributed by atoms with Crippen LogP contribution in [0.15, 0.2) is 34.3 Å². The van der Waals surface area contributed by atoms with Crippen molar-refractivity contribution in [3.8, 4) is 0 Å². The Bertz CT molecular complexity index is 710. The summed E-state index contributed by atoms with van der Waals surface area (Å²) in [6, 6.07) is 5.35. The Kier molecular flexibility index (Phi) is 6.88. The maximum Gasteiger partial charge on any atom is 0.358 e. The number of nitrogens with zero attached hydrogens (tertiary/aromatic N) is 1. The second-order valence-electron chi connectivity index (χ2n) is 5.25. The fourth-order valence-electron chi connectivity index (χ4n) is 2.09. The second-order valence-corrected chi connectivity index (χ2v) is 7.02. The SMILES string of the molecule is COCCNS(=O)(=O)c1ccc(/C(=N\O[C@@H]2CCOC2)C(=O)O)cc1. The molecule has 1 aliphatic rings. The van der Waals surface area contributed by atoms with E-state index in [-0.39, 0.29) is 35.4 Å². The zero-order chi connectivity index (χ0) is 18.3. The van der Waals surface area contributed by atoms with E-state index in [4.69, 9.17) is 14.3 Å². The van der Waals surface area contributed by atoms with E-state index in [1.165, 1.54) is 31.4 Å². The lowest BCUT2D eigenvalue weighted by molar-refractivity contribution is -0.129. The number of ether oxygens (including phenoxy) is 2. The van der Waals surface area contributed by atoms with Gasteiger partial charge in [-0.15, -0.1) is 0 Å². The number of benzene rings is 1. The summed E-state index contributed by atoms with van der Waals surface area (Å²) in [6.07, 6.45) is 0.361. The minimum absolute atomic E-state index is 0.0159. The Balaban J connectivity index is 2.12. The van der Waals surface area contributed by atoms with Crippen LogP contribution in [0.2, 0.25) is 0 Å². The number of carboxylic acid groups (broad SMARTS) is 1. The lowest BCUT2D eigenvalue weighted by Crippen LogP contribution is -2.27. The molecule has 0 amide bonds. The molecule has 0 aromatic heterocycles. The smallest absolute Gasteiger partial charge is 0.358 e. The number of methoxy groups -OCH3 is 1. The summed E-state index contributed by atoms with van der Waals surface area (Å²) in [5.41, 5.74) is -0.0644. The molecule has 0 bridgehead atoms. The Hall–Kier alpha value is -2.01. The van der Waals surface area contributed by atoms with Crippen molar-refractivity contribution in [1.29, 1.82) is 0 Å². The number of carbonyl (C=O) groups is 1. The van der Waals surface area contributed by atoms with Gasteiger partial charge in [0.05, 0.1) is 24.7 Å². The third-order valence-electron chi connectivity index (χ3n) is 3.42. The van der Waals surface area contributed by atoms with Crippen LogP contribution in [0.1, 0.15) is 12.0 Å². The zero-order valence-corrected chi connectivity index (χ0v) is 14.5. The van der Waals surface area contributed by atoms with Gasteiger partial charge < -0.3 is 19.4 Å². The summed E-state index contributed by atoms with van der Waals surface area (Å²) in [4.78, 5) is 16.6. The molecule has 0 unspecified atom stereocenters. The van der Waals surface area contributed by atoms with Gasteiger partial charge in [-0.1, -0.05) is 17.3 Å². The molecule has 1 aliphatic heterocycles. The van der Waals surface area contributed by atoms with Crippen LogP contribution >= 0.6 is 0 Å². The monoisotopic (exact) mass is 372 g/mol. The van der Waals surface area contributed by atoms with Crippen molar-refractivity contribution in [3.63, 3.8) is 0 Å². The number of carboxylic acids is 1. The van der Waals surface area contributed by atoms with Crippen LogP contribution in [0.4, 0.5) is 0 Å². The van der Waals surface area contributed by atoms with E-state index >= 15 is 0 Å². The van der Waals surface area contributed by atoms with Gasteiger partial charge in [0, 0.05) is 25.6 Å². The molecule has 1 saturated heterocycles. The molecule has 0 radical (unpaired) electrons. The second kappa shape index (κ2) is 8.90. The van der Waals surface area contributed by atoms with Crippen LogP contribution in [-0.4, -0.2) is 64.8 Å². The Morgan fingerprint density at radius 3 is 2.68 bits per heavy atom. The highest BCUT2D eigenvalue weighted by Crippen LogP contribution is 2.13. The van der Waals surface area contributed by atoms with E-state index in [1.54, 1.807) is 0 Å². The van der Waals surface area contributed by atoms with Crippen LogP contribution in [-0.2, 0) is 29.1 Å². The van der Waals surface area contributed by atoms with Crippen LogP contribution in [0.5, 0.6) is 0 Å². The molecule has 1 fully saturated rings. The zero-order valence-electron chi connectivity index (χ0n) is 13.7. The topological polar surface area (TPSA) is 124 Å². The number of nitrogens with one attached hydrogen (secondary N) is 1. The first-order chi connectivity index (χ1) is 11.9. The van der Waals surface area contributed by atoms with Crippen molar-refractivity contribution in [1.82, 2.24) is 4.72 Å². The quantitative estimate of drug-likeness (QED) is 0.361. The molecular weight excluding hydrogens is 352 g/mol. The molecule has 1 atom stereocenters. The first-order valence-corrected chi connectivity index (χ1v) is 9.06. The molecule has 138 valence electrons. The third kappa shape index (κ3) is 5.49. The number of aliphatic carboxylic acids is 1. The number of oxime groups is 1. The third-order valence-corrected chi connectivity index (χ3v) is 4.90. The molecule has 0 saturated carbocycles. The normalized spacial score (nSPS) is 18.3. The Morgan fingerprint density at radius 2 is 2.12 bits per heavy atom. The van der Waals surface area contributed by atoms with E-state index in [0.29, 0.717) is 19.6 Å². The maximum atomic E-state index is 12.1. The molecule has 1 aromatic carbocycles. The first-order valence-electron chi connectivity index (χ1n) is 7.58. The maximum absolute atomic E-state index is 12.1. The van der Waals surface area contributed by atoms with E-state index in [1.807, 2.05) is 0 Å². The van der Waals surface area contributed by atoms with Gasteiger partial charge in [-0.05, 0) is 12.1 Å². The minimum atomic E-state index is -3.69. The lowest BCUT2D eigenvalue weighted by Gasteiger charge is -2.09. The Morgan fingerprint density at radius 1 is 1.40 bits per heavy atom. The van der Waals surface area contributed by atoms with Gasteiger partial charge in [0.2, 0.25) is 10.0 Å². The molecule has 2 N–H and O–H groups in total. The molecule has 25 heavy (non-hydrogen) atoms. The van der Waals surface area contributed by atoms with Crippen molar-refractivity contribution in [2.24, 2.45) is 5.16 Å². The van der Waals surface area contributed by atoms with Gasteiger partial charge in [0.15, 0.2) is 11.8 Å². The molecule has 0 spiro atoms. The first kappa shape index (κ1) is 19.3. The number of hydrogen-bond acceptors (Lipinski definition) is 7. The Labute approximate surface area is 145 Å².